The second-order valence-corrected chi connectivity index (χ2v) is 5.23. The van der Waals surface area contributed by atoms with Gasteiger partial charge in [-0.3, -0.25) is 9.20 Å². The molecule has 0 saturated carbocycles. The molecule has 0 aromatic carbocycles. The lowest BCUT2D eigenvalue weighted by Crippen LogP contribution is -2.37. The van der Waals surface area contributed by atoms with Crippen LogP contribution in [0.3, 0.4) is 0 Å². The Labute approximate surface area is 106 Å². The molecule has 0 spiro atoms. The average molecular weight is 245 g/mol. The molecule has 1 aliphatic rings. The fourth-order valence-corrected chi connectivity index (χ4v) is 2.85. The Balaban J connectivity index is 1.86. The highest BCUT2D eigenvalue weighted by atomic mass is 16.1. The summed E-state index contributed by atoms with van der Waals surface area (Å²) in [4.78, 5) is 17.5. The van der Waals surface area contributed by atoms with Gasteiger partial charge in [0.25, 0.3) is 5.56 Å². The largest absolute Gasteiger partial charge is 0.343 e. The zero-order valence-electron chi connectivity index (χ0n) is 10.7. The van der Waals surface area contributed by atoms with Crippen LogP contribution in [0.2, 0.25) is 0 Å². The van der Waals surface area contributed by atoms with Gasteiger partial charge in [0.2, 0.25) is 0 Å². The Morgan fingerprint density at radius 2 is 2.28 bits per heavy atom. The Morgan fingerprint density at radius 1 is 1.39 bits per heavy atom. The predicted octanol–water partition coefficient (Wildman–Crippen LogP) is 1.65. The number of likely N-dealkylation sites (N-methyl/N-ethyl adjacent to an activating group) is 1. The molecule has 1 unspecified atom stereocenters. The third kappa shape index (κ3) is 2.08. The van der Waals surface area contributed by atoms with E-state index in [0.717, 1.165) is 17.8 Å². The summed E-state index contributed by atoms with van der Waals surface area (Å²) in [6, 6.07) is 5.93. The first kappa shape index (κ1) is 11.5. The number of piperidine rings is 1. The molecule has 1 N–H and O–H groups in total. The zero-order valence-corrected chi connectivity index (χ0v) is 10.7. The van der Waals surface area contributed by atoms with Crippen molar-refractivity contribution in [3.8, 4) is 0 Å². The van der Waals surface area contributed by atoms with Crippen molar-refractivity contribution < 1.29 is 0 Å². The number of imidazole rings is 1. The van der Waals surface area contributed by atoms with Crippen molar-refractivity contribution in [2.24, 2.45) is 0 Å². The van der Waals surface area contributed by atoms with Gasteiger partial charge in [0.15, 0.2) is 0 Å². The van der Waals surface area contributed by atoms with E-state index in [1.807, 2.05) is 12.3 Å². The Hall–Kier alpha value is -1.55. The van der Waals surface area contributed by atoms with Gasteiger partial charge in [0.1, 0.15) is 5.65 Å². The number of aromatic nitrogens is 2. The van der Waals surface area contributed by atoms with Crippen LogP contribution in [0.15, 0.2) is 29.2 Å². The molecule has 0 aliphatic carbocycles. The molecular formula is C14H19N3O. The number of H-pyrrole nitrogens is 1. The summed E-state index contributed by atoms with van der Waals surface area (Å²) in [5.41, 5.74) is 2.07. The summed E-state index contributed by atoms with van der Waals surface area (Å²) >= 11 is 0. The van der Waals surface area contributed by atoms with Crippen LogP contribution in [-0.4, -0.2) is 33.9 Å². The fraction of sp³-hybridized carbons (Fsp3) is 0.500. The number of fused-ring (bicyclic) bond motifs is 1. The molecule has 0 amide bonds. The Kier molecular flexibility index (Phi) is 2.96. The number of pyridine rings is 1. The third-order valence-corrected chi connectivity index (χ3v) is 3.94. The summed E-state index contributed by atoms with van der Waals surface area (Å²) in [5.74, 6) is 0. The second-order valence-electron chi connectivity index (χ2n) is 5.23. The SMILES string of the molecule is CN1CCCCC1Cc1cn2c(=O)cccc2[nH]1. The monoisotopic (exact) mass is 245 g/mol. The zero-order chi connectivity index (χ0) is 12.5. The minimum Gasteiger partial charge on any atom is -0.343 e. The molecule has 3 rings (SSSR count). The van der Waals surface area contributed by atoms with Crippen LogP contribution in [0.5, 0.6) is 0 Å². The topological polar surface area (TPSA) is 40.5 Å². The van der Waals surface area contributed by atoms with E-state index >= 15 is 0 Å². The number of nitrogens with zero attached hydrogens (tertiary/aromatic N) is 2. The van der Waals surface area contributed by atoms with Crippen LogP contribution in [0.1, 0.15) is 25.0 Å². The number of nitrogens with one attached hydrogen (secondary N) is 1. The van der Waals surface area contributed by atoms with E-state index in [1.165, 1.54) is 25.8 Å². The molecule has 1 fully saturated rings. The summed E-state index contributed by atoms with van der Waals surface area (Å²) in [7, 11) is 2.19. The molecule has 0 bridgehead atoms. The van der Waals surface area contributed by atoms with Gasteiger partial charge >= 0.3 is 0 Å². The molecule has 4 nitrogen and oxygen atoms in total. The van der Waals surface area contributed by atoms with Crippen LogP contribution < -0.4 is 5.56 Å². The van der Waals surface area contributed by atoms with Crippen LogP contribution in [0.25, 0.3) is 5.65 Å². The van der Waals surface area contributed by atoms with Crippen LogP contribution in [0, 0.1) is 0 Å². The highest BCUT2D eigenvalue weighted by Crippen LogP contribution is 2.18. The van der Waals surface area contributed by atoms with Crippen molar-refractivity contribution in [2.45, 2.75) is 31.7 Å². The number of likely N-dealkylation sites (tertiary alicyclic amines) is 1. The van der Waals surface area contributed by atoms with E-state index in [9.17, 15) is 4.79 Å². The minimum atomic E-state index is 0.0343. The third-order valence-electron chi connectivity index (χ3n) is 3.94. The molecule has 2 aromatic heterocycles. The van der Waals surface area contributed by atoms with E-state index in [1.54, 1.807) is 16.5 Å². The lowest BCUT2D eigenvalue weighted by Gasteiger charge is -2.32. The van der Waals surface area contributed by atoms with Crippen molar-refractivity contribution >= 4 is 5.65 Å². The molecule has 2 aromatic rings. The molecule has 18 heavy (non-hydrogen) atoms. The molecular weight excluding hydrogens is 226 g/mol. The van der Waals surface area contributed by atoms with Crippen molar-refractivity contribution in [3.05, 3.63) is 40.4 Å². The maximum Gasteiger partial charge on any atom is 0.256 e. The number of hydrogen-bond acceptors (Lipinski definition) is 2. The lowest BCUT2D eigenvalue weighted by atomic mass is 9.99. The Bertz CT molecular complexity index is 598. The molecule has 96 valence electrons. The van der Waals surface area contributed by atoms with Crippen molar-refractivity contribution in [1.82, 2.24) is 14.3 Å². The van der Waals surface area contributed by atoms with Gasteiger partial charge in [-0.15, -0.1) is 0 Å². The first-order chi connectivity index (χ1) is 8.74. The molecule has 4 heteroatoms. The summed E-state index contributed by atoms with van der Waals surface area (Å²) in [6.45, 7) is 1.19. The second kappa shape index (κ2) is 4.61. The van der Waals surface area contributed by atoms with Crippen molar-refractivity contribution in [3.63, 3.8) is 0 Å². The van der Waals surface area contributed by atoms with E-state index in [-0.39, 0.29) is 5.56 Å². The van der Waals surface area contributed by atoms with E-state index in [4.69, 9.17) is 0 Å². The maximum absolute atomic E-state index is 11.7. The first-order valence-corrected chi connectivity index (χ1v) is 6.63. The molecule has 1 aliphatic heterocycles. The molecule has 3 heterocycles. The van der Waals surface area contributed by atoms with Gasteiger partial charge in [-0.1, -0.05) is 12.5 Å². The Morgan fingerprint density at radius 3 is 3.06 bits per heavy atom. The molecule has 0 radical (unpaired) electrons. The summed E-state index contributed by atoms with van der Waals surface area (Å²) < 4.78 is 1.69. The van der Waals surface area contributed by atoms with E-state index in [2.05, 4.69) is 16.9 Å². The van der Waals surface area contributed by atoms with Gasteiger partial charge in [0, 0.05) is 30.4 Å². The van der Waals surface area contributed by atoms with E-state index < -0.39 is 0 Å². The summed E-state index contributed by atoms with van der Waals surface area (Å²) in [5, 5.41) is 0. The van der Waals surface area contributed by atoms with Crippen LogP contribution >= 0.6 is 0 Å². The fourth-order valence-electron chi connectivity index (χ4n) is 2.85. The smallest absolute Gasteiger partial charge is 0.256 e. The van der Waals surface area contributed by atoms with Gasteiger partial charge in [-0.2, -0.15) is 0 Å². The van der Waals surface area contributed by atoms with Gasteiger partial charge in [-0.05, 0) is 32.5 Å². The molecule has 1 atom stereocenters. The van der Waals surface area contributed by atoms with Crippen LogP contribution in [-0.2, 0) is 6.42 Å². The summed E-state index contributed by atoms with van der Waals surface area (Å²) in [6.07, 6.45) is 6.81. The standard InChI is InChI=1S/C14H19N3O/c1-16-8-3-2-5-12(16)9-11-10-17-13(15-11)6-4-7-14(17)18/h4,6-7,10,12,15H,2-3,5,8-9H2,1H3. The van der Waals surface area contributed by atoms with Gasteiger partial charge in [-0.25, -0.2) is 0 Å². The number of rotatable bonds is 2. The molecule has 1 saturated heterocycles. The normalized spacial score (nSPS) is 21.5. The van der Waals surface area contributed by atoms with Crippen molar-refractivity contribution in [2.75, 3.05) is 13.6 Å². The predicted molar refractivity (Wildman–Crippen MR) is 72.0 cm³/mol. The van der Waals surface area contributed by atoms with Crippen molar-refractivity contribution in [1.29, 1.82) is 0 Å². The lowest BCUT2D eigenvalue weighted by molar-refractivity contribution is 0.184. The first-order valence-electron chi connectivity index (χ1n) is 6.63. The van der Waals surface area contributed by atoms with Gasteiger partial charge < -0.3 is 9.88 Å². The quantitative estimate of drug-likeness (QED) is 0.874. The van der Waals surface area contributed by atoms with Crippen LogP contribution in [0.4, 0.5) is 0 Å². The number of aromatic amines is 1. The highest BCUT2D eigenvalue weighted by molar-refractivity contribution is 5.39. The highest BCUT2D eigenvalue weighted by Gasteiger charge is 2.19. The minimum absolute atomic E-state index is 0.0343. The number of hydrogen-bond donors (Lipinski definition) is 1. The average Bonchev–Trinajstić information content (AvgIpc) is 2.76. The van der Waals surface area contributed by atoms with Gasteiger partial charge in [0.05, 0.1) is 0 Å². The van der Waals surface area contributed by atoms with E-state index in [0.29, 0.717) is 6.04 Å². The maximum atomic E-state index is 11.7.